The number of hydrogen-bond donors (Lipinski definition) is 1. The molecule has 1 amide bonds. The van der Waals surface area contributed by atoms with Crippen LogP contribution in [0.3, 0.4) is 0 Å². The van der Waals surface area contributed by atoms with E-state index in [-0.39, 0.29) is 11.6 Å². The molecule has 0 aliphatic carbocycles. The first-order chi connectivity index (χ1) is 6.59. The summed E-state index contributed by atoms with van der Waals surface area (Å²) in [7, 11) is 0. The van der Waals surface area contributed by atoms with E-state index < -0.39 is 11.7 Å². The Morgan fingerprint density at radius 3 is 3.00 bits per heavy atom. The maximum Gasteiger partial charge on any atom is 0.221 e. The summed E-state index contributed by atoms with van der Waals surface area (Å²) in [6.07, 6.45) is 4.61. The lowest BCUT2D eigenvalue weighted by Gasteiger charge is -1.94. The van der Waals surface area contributed by atoms with Gasteiger partial charge in [0, 0.05) is 12.6 Å². The van der Waals surface area contributed by atoms with E-state index >= 15 is 0 Å². The maximum absolute atomic E-state index is 12.8. The molecule has 5 heteroatoms. The number of amides is 1. The van der Waals surface area contributed by atoms with Crippen LogP contribution in [0.15, 0.2) is 18.3 Å². The third-order valence-corrected chi connectivity index (χ3v) is 1.72. The van der Waals surface area contributed by atoms with E-state index in [0.717, 1.165) is 0 Å². The Morgan fingerprint density at radius 2 is 2.43 bits per heavy atom. The summed E-state index contributed by atoms with van der Waals surface area (Å²) in [4.78, 5) is 14.0. The fraction of sp³-hybridized carbons (Fsp3) is 0.111. The zero-order chi connectivity index (χ0) is 10.6. The Labute approximate surface area is 85.4 Å². The molecule has 0 aromatic carbocycles. The highest BCUT2D eigenvalue weighted by Crippen LogP contribution is 2.12. The van der Waals surface area contributed by atoms with E-state index in [1.807, 2.05) is 0 Å². The zero-order valence-corrected chi connectivity index (χ0v) is 7.96. The Morgan fingerprint density at radius 1 is 1.71 bits per heavy atom. The molecule has 0 saturated carbocycles. The molecule has 0 radical (unpaired) electrons. The molecule has 1 aromatic rings. The largest absolute Gasteiger partial charge is 0.369 e. The van der Waals surface area contributed by atoms with Crippen LogP contribution >= 0.6 is 11.6 Å². The third kappa shape index (κ3) is 3.14. The Bertz CT molecular complexity index is 379. The van der Waals surface area contributed by atoms with Crippen LogP contribution in [0.1, 0.15) is 12.0 Å². The van der Waals surface area contributed by atoms with Gasteiger partial charge in [0.2, 0.25) is 5.91 Å². The van der Waals surface area contributed by atoms with Crippen LogP contribution in [0.4, 0.5) is 4.39 Å². The molecule has 0 aliphatic rings. The second kappa shape index (κ2) is 4.72. The molecular formula is C9H8ClFN2O. The third-order valence-electron chi connectivity index (χ3n) is 1.45. The van der Waals surface area contributed by atoms with E-state index in [9.17, 15) is 9.18 Å². The second-order valence-electron chi connectivity index (χ2n) is 2.61. The van der Waals surface area contributed by atoms with Crippen molar-refractivity contribution in [3.63, 3.8) is 0 Å². The minimum atomic E-state index is -0.590. The maximum atomic E-state index is 12.8. The van der Waals surface area contributed by atoms with Gasteiger partial charge in [0.05, 0.1) is 0 Å². The van der Waals surface area contributed by atoms with Gasteiger partial charge in [-0.3, -0.25) is 4.79 Å². The van der Waals surface area contributed by atoms with Gasteiger partial charge < -0.3 is 5.73 Å². The van der Waals surface area contributed by atoms with Gasteiger partial charge in [-0.15, -0.1) is 0 Å². The van der Waals surface area contributed by atoms with Crippen LogP contribution in [0.25, 0.3) is 6.08 Å². The average Bonchev–Trinajstić information content (AvgIpc) is 2.10. The van der Waals surface area contributed by atoms with E-state index in [0.29, 0.717) is 5.56 Å². The highest BCUT2D eigenvalue weighted by atomic mass is 35.5. The number of aromatic nitrogens is 1. The van der Waals surface area contributed by atoms with Crippen LogP contribution in [-0.4, -0.2) is 10.9 Å². The molecule has 1 rings (SSSR count). The van der Waals surface area contributed by atoms with Gasteiger partial charge in [-0.25, -0.2) is 9.37 Å². The summed E-state index contributed by atoms with van der Waals surface area (Å²) in [5, 5.41) is -0.169. The smallest absolute Gasteiger partial charge is 0.221 e. The van der Waals surface area contributed by atoms with Crippen LogP contribution in [0.5, 0.6) is 0 Å². The second-order valence-corrected chi connectivity index (χ2v) is 2.97. The van der Waals surface area contributed by atoms with Crippen molar-refractivity contribution >= 4 is 23.6 Å². The predicted octanol–water partition coefficient (Wildman–Crippen LogP) is 1.76. The van der Waals surface area contributed by atoms with E-state index in [1.165, 1.54) is 18.3 Å². The first-order valence-electron chi connectivity index (χ1n) is 3.85. The van der Waals surface area contributed by atoms with Crippen LogP contribution in [0.2, 0.25) is 5.15 Å². The molecule has 74 valence electrons. The topological polar surface area (TPSA) is 56.0 Å². The van der Waals surface area contributed by atoms with Gasteiger partial charge in [-0.05, 0) is 11.6 Å². The number of nitrogens with zero attached hydrogens (tertiary/aromatic N) is 1. The van der Waals surface area contributed by atoms with Crippen molar-refractivity contribution in [1.82, 2.24) is 4.98 Å². The van der Waals surface area contributed by atoms with Crippen molar-refractivity contribution < 1.29 is 9.18 Å². The molecule has 0 spiro atoms. The number of carbonyl (C=O) groups is 1. The number of rotatable bonds is 3. The summed E-state index contributed by atoms with van der Waals surface area (Å²) < 4.78 is 12.8. The fourth-order valence-corrected chi connectivity index (χ4v) is 0.942. The minimum Gasteiger partial charge on any atom is -0.369 e. The van der Waals surface area contributed by atoms with E-state index in [1.54, 1.807) is 6.08 Å². The average molecular weight is 215 g/mol. The highest BCUT2D eigenvalue weighted by molar-refractivity contribution is 6.29. The van der Waals surface area contributed by atoms with Crippen LogP contribution in [-0.2, 0) is 4.79 Å². The zero-order valence-electron chi connectivity index (χ0n) is 7.21. The molecular weight excluding hydrogens is 207 g/mol. The Balaban J connectivity index is 2.73. The summed E-state index contributed by atoms with van der Waals surface area (Å²) >= 11 is 5.38. The van der Waals surface area contributed by atoms with Gasteiger partial charge in [-0.2, -0.15) is 0 Å². The monoisotopic (exact) mass is 214 g/mol. The van der Waals surface area contributed by atoms with Gasteiger partial charge >= 0.3 is 0 Å². The van der Waals surface area contributed by atoms with E-state index in [4.69, 9.17) is 17.3 Å². The molecule has 0 aliphatic heterocycles. The number of hydrogen-bond acceptors (Lipinski definition) is 2. The van der Waals surface area contributed by atoms with E-state index in [2.05, 4.69) is 4.98 Å². The van der Waals surface area contributed by atoms with Gasteiger partial charge in [0.15, 0.2) is 11.0 Å². The normalized spacial score (nSPS) is 10.7. The minimum absolute atomic E-state index is 0.115. The van der Waals surface area contributed by atoms with Crippen LogP contribution < -0.4 is 5.73 Å². The van der Waals surface area contributed by atoms with Crippen molar-refractivity contribution in [2.45, 2.75) is 6.42 Å². The lowest BCUT2D eigenvalue weighted by Crippen LogP contribution is -2.07. The van der Waals surface area contributed by atoms with Crippen molar-refractivity contribution in [2.75, 3.05) is 0 Å². The van der Waals surface area contributed by atoms with Crippen molar-refractivity contribution in [2.24, 2.45) is 5.73 Å². The molecule has 0 bridgehead atoms. The summed E-state index contributed by atoms with van der Waals surface area (Å²) in [6.45, 7) is 0. The molecule has 0 saturated heterocycles. The molecule has 1 aromatic heterocycles. The molecule has 0 atom stereocenters. The lowest BCUT2D eigenvalue weighted by molar-refractivity contribution is -0.117. The lowest BCUT2D eigenvalue weighted by atomic mass is 10.2. The van der Waals surface area contributed by atoms with Gasteiger partial charge in [0.1, 0.15) is 0 Å². The standard InChI is InChI=1S/C9H8ClFN2O/c10-9-7(11)4-6(5-13-9)2-1-3-8(12)14/h1-2,4-5H,3H2,(H2,12,14). The summed E-state index contributed by atoms with van der Waals surface area (Å²) in [5.74, 6) is -1.03. The van der Waals surface area contributed by atoms with Crippen molar-refractivity contribution in [1.29, 1.82) is 0 Å². The molecule has 1 heterocycles. The molecule has 2 N–H and O–H groups in total. The molecule has 0 unspecified atom stereocenters. The predicted molar refractivity (Wildman–Crippen MR) is 52.1 cm³/mol. The first kappa shape index (κ1) is 10.7. The number of primary amides is 1. The SMILES string of the molecule is NC(=O)CC=Cc1cnc(Cl)c(F)c1. The highest BCUT2D eigenvalue weighted by Gasteiger charge is 1.99. The Hall–Kier alpha value is -1.42. The number of carbonyl (C=O) groups excluding carboxylic acids is 1. The Kier molecular flexibility index (Phi) is 3.59. The quantitative estimate of drug-likeness (QED) is 0.780. The molecule has 3 nitrogen and oxygen atoms in total. The van der Waals surface area contributed by atoms with Crippen molar-refractivity contribution in [3.05, 3.63) is 34.9 Å². The van der Waals surface area contributed by atoms with Crippen molar-refractivity contribution in [3.8, 4) is 0 Å². The summed E-state index contributed by atoms with van der Waals surface area (Å²) in [5.41, 5.74) is 5.44. The number of pyridine rings is 1. The number of halogens is 2. The molecule has 14 heavy (non-hydrogen) atoms. The molecule has 0 fully saturated rings. The fourth-order valence-electron chi connectivity index (χ4n) is 0.838. The summed E-state index contributed by atoms with van der Waals surface area (Å²) in [6, 6.07) is 1.23. The van der Waals surface area contributed by atoms with Crippen LogP contribution in [0, 0.1) is 5.82 Å². The first-order valence-corrected chi connectivity index (χ1v) is 4.23. The van der Waals surface area contributed by atoms with Gasteiger partial charge in [0.25, 0.3) is 0 Å². The number of nitrogens with two attached hydrogens (primary N) is 1. The van der Waals surface area contributed by atoms with Gasteiger partial charge in [-0.1, -0.05) is 23.8 Å².